The van der Waals surface area contributed by atoms with E-state index < -0.39 is 22.0 Å². The molecule has 6 nitrogen and oxygen atoms in total. The number of hydrogen-bond acceptors (Lipinski definition) is 4. The maximum atomic E-state index is 12.8. The van der Waals surface area contributed by atoms with E-state index in [1.165, 1.54) is 43.5 Å². The molecular formula is C22H27Cl2N3O3S. The van der Waals surface area contributed by atoms with Gasteiger partial charge in [0.15, 0.2) is 0 Å². The summed E-state index contributed by atoms with van der Waals surface area (Å²) in [4.78, 5) is 15.2. The molecule has 9 heteroatoms. The third-order valence-electron chi connectivity index (χ3n) is 5.25. The molecule has 0 aliphatic carbocycles. The van der Waals surface area contributed by atoms with Crippen LogP contribution in [-0.2, 0) is 27.9 Å². The SMILES string of the molecule is C[C@@H](C(=O)NCc1cccc(CN2CCCC2)c1)N(c1cc(Cl)cc(Cl)c1)S(C)(=O)=O. The molecule has 2 aromatic rings. The Labute approximate surface area is 194 Å². The first-order valence-electron chi connectivity index (χ1n) is 10.2. The van der Waals surface area contributed by atoms with E-state index in [9.17, 15) is 13.2 Å². The van der Waals surface area contributed by atoms with Crippen molar-refractivity contribution in [3.8, 4) is 0 Å². The predicted molar refractivity (Wildman–Crippen MR) is 126 cm³/mol. The molecule has 0 radical (unpaired) electrons. The van der Waals surface area contributed by atoms with Gasteiger partial charge in [-0.2, -0.15) is 0 Å². The van der Waals surface area contributed by atoms with E-state index in [0.717, 1.165) is 35.8 Å². The Kier molecular flexibility index (Phi) is 7.86. The minimum atomic E-state index is -3.75. The number of rotatable bonds is 8. The van der Waals surface area contributed by atoms with Gasteiger partial charge in [0.2, 0.25) is 15.9 Å². The Morgan fingerprint density at radius 2 is 1.71 bits per heavy atom. The van der Waals surface area contributed by atoms with Crippen molar-refractivity contribution in [1.82, 2.24) is 10.2 Å². The number of hydrogen-bond donors (Lipinski definition) is 1. The number of carbonyl (C=O) groups is 1. The Balaban J connectivity index is 1.69. The van der Waals surface area contributed by atoms with Crippen LogP contribution in [0.4, 0.5) is 5.69 Å². The maximum Gasteiger partial charge on any atom is 0.243 e. The highest BCUT2D eigenvalue weighted by Gasteiger charge is 2.29. The number of likely N-dealkylation sites (tertiary alicyclic amines) is 1. The maximum absolute atomic E-state index is 12.8. The predicted octanol–water partition coefficient (Wildman–Crippen LogP) is 4.06. The van der Waals surface area contributed by atoms with Gasteiger partial charge >= 0.3 is 0 Å². The molecule has 1 heterocycles. The van der Waals surface area contributed by atoms with Crippen molar-refractivity contribution < 1.29 is 13.2 Å². The molecule has 0 spiro atoms. The van der Waals surface area contributed by atoms with Crippen LogP contribution in [0.1, 0.15) is 30.9 Å². The molecule has 1 fully saturated rings. The smallest absolute Gasteiger partial charge is 0.243 e. The summed E-state index contributed by atoms with van der Waals surface area (Å²) in [6, 6.07) is 11.6. The normalized spacial score (nSPS) is 15.6. The number of nitrogens with zero attached hydrogens (tertiary/aromatic N) is 2. The first-order valence-corrected chi connectivity index (χ1v) is 12.8. The second kappa shape index (κ2) is 10.2. The highest BCUT2D eigenvalue weighted by molar-refractivity contribution is 7.92. The number of halogens is 2. The average molecular weight is 484 g/mol. The molecule has 1 amide bonds. The first kappa shape index (κ1) is 23.9. The fraction of sp³-hybridized carbons (Fsp3) is 0.409. The van der Waals surface area contributed by atoms with Gasteiger partial charge < -0.3 is 5.32 Å². The summed E-state index contributed by atoms with van der Waals surface area (Å²) in [5.74, 6) is -0.411. The lowest BCUT2D eigenvalue weighted by Crippen LogP contribution is -2.47. The molecule has 1 aliphatic heterocycles. The van der Waals surface area contributed by atoms with Crippen LogP contribution in [0.3, 0.4) is 0 Å². The summed E-state index contributed by atoms with van der Waals surface area (Å²) in [7, 11) is -3.75. The molecule has 1 N–H and O–H groups in total. The number of carbonyl (C=O) groups excluding carboxylic acids is 1. The van der Waals surface area contributed by atoms with Crippen LogP contribution in [0.15, 0.2) is 42.5 Å². The van der Waals surface area contributed by atoms with Crippen molar-refractivity contribution >= 4 is 44.8 Å². The number of sulfonamides is 1. The Hall–Kier alpha value is -1.80. The van der Waals surface area contributed by atoms with Crippen molar-refractivity contribution in [3.63, 3.8) is 0 Å². The number of nitrogens with one attached hydrogen (secondary N) is 1. The summed E-state index contributed by atoms with van der Waals surface area (Å²) in [5, 5.41) is 3.43. The van der Waals surface area contributed by atoms with Crippen LogP contribution in [0.25, 0.3) is 0 Å². The molecule has 31 heavy (non-hydrogen) atoms. The summed E-state index contributed by atoms with van der Waals surface area (Å²) < 4.78 is 25.9. The average Bonchev–Trinajstić information content (AvgIpc) is 3.17. The Morgan fingerprint density at radius 3 is 2.32 bits per heavy atom. The molecule has 1 atom stereocenters. The van der Waals surface area contributed by atoms with Crippen LogP contribution < -0.4 is 9.62 Å². The zero-order valence-corrected chi connectivity index (χ0v) is 20.0. The summed E-state index contributed by atoms with van der Waals surface area (Å²) in [5.41, 5.74) is 2.41. The van der Waals surface area contributed by atoms with Gasteiger partial charge in [0.05, 0.1) is 11.9 Å². The molecule has 168 valence electrons. The van der Waals surface area contributed by atoms with Crippen molar-refractivity contribution in [3.05, 3.63) is 63.6 Å². The third kappa shape index (κ3) is 6.59. The highest BCUT2D eigenvalue weighted by atomic mass is 35.5. The van der Waals surface area contributed by atoms with E-state index >= 15 is 0 Å². The number of benzene rings is 2. The Bertz CT molecular complexity index is 1020. The molecule has 1 aliphatic rings. The van der Waals surface area contributed by atoms with Crippen LogP contribution in [-0.4, -0.2) is 44.6 Å². The van der Waals surface area contributed by atoms with E-state index in [-0.39, 0.29) is 5.69 Å². The quantitative estimate of drug-likeness (QED) is 0.614. The van der Waals surface area contributed by atoms with E-state index in [1.807, 2.05) is 12.1 Å². The Morgan fingerprint density at radius 1 is 1.10 bits per heavy atom. The lowest BCUT2D eigenvalue weighted by atomic mass is 10.1. The van der Waals surface area contributed by atoms with Crippen LogP contribution in [0, 0.1) is 0 Å². The van der Waals surface area contributed by atoms with Crippen molar-refractivity contribution in [1.29, 1.82) is 0 Å². The van der Waals surface area contributed by atoms with E-state index in [1.54, 1.807) is 0 Å². The molecule has 0 unspecified atom stereocenters. The lowest BCUT2D eigenvalue weighted by molar-refractivity contribution is -0.122. The first-order chi connectivity index (χ1) is 14.6. The van der Waals surface area contributed by atoms with E-state index in [0.29, 0.717) is 16.6 Å². The van der Waals surface area contributed by atoms with Gasteiger partial charge in [-0.25, -0.2) is 8.42 Å². The monoisotopic (exact) mass is 483 g/mol. The molecular weight excluding hydrogens is 457 g/mol. The van der Waals surface area contributed by atoms with Gasteiger partial charge in [-0.15, -0.1) is 0 Å². The molecule has 0 aromatic heterocycles. The highest BCUT2D eigenvalue weighted by Crippen LogP contribution is 2.28. The van der Waals surface area contributed by atoms with Crippen molar-refractivity contribution in [2.75, 3.05) is 23.7 Å². The van der Waals surface area contributed by atoms with Gasteiger partial charge in [0.25, 0.3) is 0 Å². The third-order valence-corrected chi connectivity index (χ3v) is 6.93. The molecule has 3 rings (SSSR count). The zero-order valence-electron chi connectivity index (χ0n) is 17.6. The van der Waals surface area contributed by atoms with Gasteiger partial charge in [-0.3, -0.25) is 14.0 Å². The van der Waals surface area contributed by atoms with Crippen LogP contribution >= 0.6 is 23.2 Å². The summed E-state index contributed by atoms with van der Waals surface area (Å²) in [6.07, 6.45) is 3.53. The van der Waals surface area contributed by atoms with E-state index in [2.05, 4.69) is 22.3 Å². The molecule has 1 saturated heterocycles. The van der Waals surface area contributed by atoms with Gasteiger partial charge in [-0.1, -0.05) is 47.5 Å². The number of amides is 1. The summed E-state index contributed by atoms with van der Waals surface area (Å²) >= 11 is 12.1. The standard InChI is InChI=1S/C22H27Cl2N3O3S/c1-16(27(31(2,29)30)21-12-19(23)11-20(24)13-21)22(28)25-14-17-6-5-7-18(10-17)15-26-8-3-4-9-26/h5-7,10-13,16H,3-4,8-9,14-15H2,1-2H3,(H,25,28)/t16-/m0/s1. The number of anilines is 1. The fourth-order valence-corrected chi connectivity index (χ4v) is 5.52. The van der Waals surface area contributed by atoms with Gasteiger partial charge in [-0.05, 0) is 62.2 Å². The summed E-state index contributed by atoms with van der Waals surface area (Å²) in [6.45, 7) is 4.98. The second-order valence-corrected chi connectivity index (χ2v) is 10.6. The lowest BCUT2D eigenvalue weighted by Gasteiger charge is -2.28. The largest absolute Gasteiger partial charge is 0.350 e. The second-order valence-electron chi connectivity index (χ2n) is 7.88. The van der Waals surface area contributed by atoms with Crippen LogP contribution in [0.2, 0.25) is 10.0 Å². The van der Waals surface area contributed by atoms with Crippen LogP contribution in [0.5, 0.6) is 0 Å². The minimum absolute atomic E-state index is 0.246. The van der Waals surface area contributed by atoms with Gasteiger partial charge in [0, 0.05) is 23.1 Å². The van der Waals surface area contributed by atoms with Crippen molar-refractivity contribution in [2.45, 2.75) is 38.9 Å². The van der Waals surface area contributed by atoms with Crippen molar-refractivity contribution in [2.24, 2.45) is 0 Å². The van der Waals surface area contributed by atoms with Gasteiger partial charge in [0.1, 0.15) is 6.04 Å². The molecule has 0 saturated carbocycles. The topological polar surface area (TPSA) is 69.7 Å². The zero-order chi connectivity index (χ0) is 22.6. The fourth-order valence-electron chi connectivity index (χ4n) is 3.85. The van der Waals surface area contributed by atoms with E-state index in [4.69, 9.17) is 23.2 Å². The minimum Gasteiger partial charge on any atom is -0.350 e. The molecule has 0 bridgehead atoms. The molecule has 2 aromatic carbocycles.